The third kappa shape index (κ3) is 2.21. The number of hydrogen-bond donors (Lipinski definition) is 1. The van der Waals surface area contributed by atoms with Gasteiger partial charge in [-0.15, -0.1) is 0 Å². The standard InChI is InChI=1S/C14H9NO4S/c16-10-5-3-9(4-6-10)15-13(17)12(20-14(15)18)8-11-2-1-7-19-11/h1-8,16H/b12-8+. The van der Waals surface area contributed by atoms with Crippen LogP contribution in [0.25, 0.3) is 6.08 Å². The second-order valence-electron chi connectivity index (χ2n) is 4.05. The van der Waals surface area contributed by atoms with Crippen LogP contribution in [-0.4, -0.2) is 16.3 Å². The number of thioether (sulfide) groups is 1. The number of carbonyl (C=O) groups excluding carboxylic acids is 2. The first kappa shape index (κ1) is 12.6. The molecule has 2 heterocycles. The monoisotopic (exact) mass is 287 g/mol. The molecule has 1 N–H and O–H groups in total. The number of benzene rings is 1. The topological polar surface area (TPSA) is 70.8 Å². The lowest BCUT2D eigenvalue weighted by Crippen LogP contribution is -2.27. The summed E-state index contributed by atoms with van der Waals surface area (Å²) in [6.07, 6.45) is 3.03. The van der Waals surface area contributed by atoms with E-state index >= 15 is 0 Å². The Morgan fingerprint density at radius 1 is 1.15 bits per heavy atom. The van der Waals surface area contributed by atoms with Crippen molar-refractivity contribution in [2.45, 2.75) is 0 Å². The summed E-state index contributed by atoms with van der Waals surface area (Å²) in [6, 6.07) is 9.29. The first-order valence-corrected chi connectivity index (χ1v) is 6.57. The fourth-order valence-corrected chi connectivity index (χ4v) is 2.62. The summed E-state index contributed by atoms with van der Waals surface area (Å²) in [7, 11) is 0. The van der Waals surface area contributed by atoms with Crippen LogP contribution in [0, 0.1) is 0 Å². The highest BCUT2D eigenvalue weighted by molar-refractivity contribution is 8.19. The zero-order chi connectivity index (χ0) is 14.1. The van der Waals surface area contributed by atoms with Crippen LogP contribution in [-0.2, 0) is 4.79 Å². The van der Waals surface area contributed by atoms with E-state index in [1.165, 1.54) is 36.6 Å². The second kappa shape index (κ2) is 4.90. The molecule has 0 atom stereocenters. The average molecular weight is 287 g/mol. The zero-order valence-electron chi connectivity index (χ0n) is 10.1. The lowest BCUT2D eigenvalue weighted by molar-refractivity contribution is -0.113. The fraction of sp³-hybridized carbons (Fsp3) is 0. The molecule has 0 radical (unpaired) electrons. The maximum atomic E-state index is 12.2. The van der Waals surface area contributed by atoms with Gasteiger partial charge in [-0.25, -0.2) is 4.90 Å². The quantitative estimate of drug-likeness (QED) is 0.859. The number of phenolic OH excluding ortho intramolecular Hbond substituents is 1. The largest absolute Gasteiger partial charge is 0.508 e. The molecule has 1 aliphatic rings. The van der Waals surface area contributed by atoms with Gasteiger partial charge in [-0.1, -0.05) is 0 Å². The molecule has 0 aliphatic carbocycles. The molecule has 20 heavy (non-hydrogen) atoms. The van der Waals surface area contributed by atoms with E-state index in [-0.39, 0.29) is 11.0 Å². The molecule has 0 spiro atoms. The molecule has 0 saturated carbocycles. The van der Waals surface area contributed by atoms with Crippen LogP contribution in [0.4, 0.5) is 10.5 Å². The van der Waals surface area contributed by atoms with E-state index in [1.807, 2.05) is 0 Å². The number of aromatic hydroxyl groups is 1. The molecular formula is C14H9NO4S. The van der Waals surface area contributed by atoms with Crippen LogP contribution < -0.4 is 4.90 Å². The number of amides is 2. The normalized spacial score (nSPS) is 17.2. The number of phenols is 1. The Morgan fingerprint density at radius 2 is 1.90 bits per heavy atom. The minimum Gasteiger partial charge on any atom is -0.508 e. The van der Waals surface area contributed by atoms with Crippen molar-refractivity contribution in [2.75, 3.05) is 4.90 Å². The third-order valence-electron chi connectivity index (χ3n) is 2.72. The van der Waals surface area contributed by atoms with E-state index in [2.05, 4.69) is 0 Å². The van der Waals surface area contributed by atoms with E-state index in [4.69, 9.17) is 4.42 Å². The third-order valence-corrected chi connectivity index (χ3v) is 3.59. The summed E-state index contributed by atoms with van der Waals surface area (Å²) in [4.78, 5) is 25.6. The van der Waals surface area contributed by atoms with E-state index in [0.29, 0.717) is 16.4 Å². The Hall–Kier alpha value is -2.47. The number of imide groups is 1. The maximum absolute atomic E-state index is 12.2. The van der Waals surface area contributed by atoms with Crippen LogP contribution in [0.1, 0.15) is 5.76 Å². The molecule has 6 heteroatoms. The minimum absolute atomic E-state index is 0.0758. The van der Waals surface area contributed by atoms with Crippen molar-refractivity contribution < 1.29 is 19.1 Å². The molecule has 1 fully saturated rings. The number of nitrogens with zero attached hydrogens (tertiary/aromatic N) is 1. The summed E-state index contributed by atoms with van der Waals surface area (Å²) in [5, 5.41) is 8.86. The molecule has 0 unspecified atom stereocenters. The Labute approximate surface area is 118 Å². The average Bonchev–Trinajstić information content (AvgIpc) is 3.02. The summed E-state index contributed by atoms with van der Waals surface area (Å²) in [6.45, 7) is 0. The predicted molar refractivity (Wildman–Crippen MR) is 75.3 cm³/mol. The zero-order valence-corrected chi connectivity index (χ0v) is 11.0. The van der Waals surface area contributed by atoms with Gasteiger partial charge in [0.1, 0.15) is 11.5 Å². The summed E-state index contributed by atoms with van der Waals surface area (Å²) < 4.78 is 5.13. The van der Waals surface area contributed by atoms with Gasteiger partial charge in [0.25, 0.3) is 11.1 Å². The van der Waals surface area contributed by atoms with Gasteiger partial charge in [-0.3, -0.25) is 9.59 Å². The molecule has 3 rings (SSSR count). The van der Waals surface area contributed by atoms with Crippen molar-refractivity contribution in [1.29, 1.82) is 0 Å². The molecule has 0 bridgehead atoms. The molecule has 5 nitrogen and oxygen atoms in total. The van der Waals surface area contributed by atoms with E-state index < -0.39 is 5.91 Å². The van der Waals surface area contributed by atoms with Crippen LogP contribution in [0.5, 0.6) is 5.75 Å². The maximum Gasteiger partial charge on any atom is 0.298 e. The Morgan fingerprint density at radius 3 is 2.55 bits per heavy atom. The molecule has 1 saturated heterocycles. The van der Waals surface area contributed by atoms with Crippen molar-refractivity contribution in [2.24, 2.45) is 0 Å². The van der Waals surface area contributed by atoms with Gasteiger partial charge in [0.15, 0.2) is 0 Å². The number of furan rings is 1. The minimum atomic E-state index is -0.401. The predicted octanol–water partition coefficient (Wildman–Crippen LogP) is 3.23. The number of anilines is 1. The van der Waals surface area contributed by atoms with Crippen LogP contribution in [0.3, 0.4) is 0 Å². The molecule has 2 amide bonds. The molecule has 1 aromatic heterocycles. The van der Waals surface area contributed by atoms with Crippen LogP contribution >= 0.6 is 11.8 Å². The second-order valence-corrected chi connectivity index (χ2v) is 5.04. The number of carbonyl (C=O) groups is 2. The smallest absolute Gasteiger partial charge is 0.298 e. The van der Waals surface area contributed by atoms with Gasteiger partial charge >= 0.3 is 0 Å². The van der Waals surface area contributed by atoms with Crippen molar-refractivity contribution in [3.05, 3.63) is 53.3 Å². The molecule has 2 aromatic rings. The summed E-state index contributed by atoms with van der Waals surface area (Å²) in [5.41, 5.74) is 0.424. The van der Waals surface area contributed by atoms with Crippen molar-refractivity contribution in [1.82, 2.24) is 0 Å². The molecule has 1 aromatic carbocycles. The summed E-state index contributed by atoms with van der Waals surface area (Å²) >= 11 is 0.855. The van der Waals surface area contributed by atoms with Gasteiger partial charge in [0, 0.05) is 6.08 Å². The lowest BCUT2D eigenvalue weighted by atomic mass is 10.2. The lowest BCUT2D eigenvalue weighted by Gasteiger charge is -2.11. The molecular weight excluding hydrogens is 278 g/mol. The van der Waals surface area contributed by atoms with Crippen LogP contribution in [0.15, 0.2) is 52.0 Å². The van der Waals surface area contributed by atoms with Gasteiger partial charge in [-0.05, 0) is 48.2 Å². The fourth-order valence-electron chi connectivity index (χ4n) is 1.79. The van der Waals surface area contributed by atoms with Crippen molar-refractivity contribution >= 4 is 34.7 Å². The van der Waals surface area contributed by atoms with Gasteiger partial charge in [0.05, 0.1) is 16.9 Å². The Balaban J connectivity index is 1.93. The first-order chi connectivity index (χ1) is 9.65. The first-order valence-electron chi connectivity index (χ1n) is 5.75. The van der Waals surface area contributed by atoms with E-state index in [9.17, 15) is 14.7 Å². The Bertz CT molecular complexity index is 688. The molecule has 1 aliphatic heterocycles. The highest BCUT2D eigenvalue weighted by Gasteiger charge is 2.36. The van der Waals surface area contributed by atoms with Gasteiger partial charge in [-0.2, -0.15) is 0 Å². The highest BCUT2D eigenvalue weighted by atomic mass is 32.2. The van der Waals surface area contributed by atoms with Gasteiger partial charge in [0.2, 0.25) is 0 Å². The number of hydrogen-bond acceptors (Lipinski definition) is 5. The Kier molecular flexibility index (Phi) is 3.08. The highest BCUT2D eigenvalue weighted by Crippen LogP contribution is 2.36. The van der Waals surface area contributed by atoms with Crippen LogP contribution in [0.2, 0.25) is 0 Å². The molecule has 100 valence electrons. The van der Waals surface area contributed by atoms with Gasteiger partial charge < -0.3 is 9.52 Å². The number of rotatable bonds is 2. The summed E-state index contributed by atoms with van der Waals surface area (Å²) in [5.74, 6) is 0.190. The van der Waals surface area contributed by atoms with E-state index in [0.717, 1.165) is 16.7 Å². The van der Waals surface area contributed by atoms with Crippen molar-refractivity contribution in [3.63, 3.8) is 0 Å². The van der Waals surface area contributed by atoms with Crippen molar-refractivity contribution in [3.8, 4) is 5.75 Å². The van der Waals surface area contributed by atoms with E-state index in [1.54, 1.807) is 12.1 Å². The SMILES string of the molecule is O=C1S/C(=C/c2ccco2)C(=O)N1c1ccc(O)cc1.